The highest BCUT2D eigenvalue weighted by Crippen LogP contribution is 2.14. The van der Waals surface area contributed by atoms with E-state index in [0.29, 0.717) is 19.3 Å². The number of rotatable bonds is 36. The van der Waals surface area contributed by atoms with E-state index in [0.717, 1.165) is 57.8 Å². The molecule has 0 N–H and O–H groups in total. The first kappa shape index (κ1) is 44.4. The molecule has 46 heavy (non-hydrogen) atoms. The largest absolute Gasteiger partial charge is 0.462 e. The summed E-state index contributed by atoms with van der Waals surface area (Å²) in [6, 6.07) is 0. The molecule has 1 unspecified atom stereocenters. The van der Waals surface area contributed by atoms with E-state index in [9.17, 15) is 14.4 Å². The van der Waals surface area contributed by atoms with Gasteiger partial charge in [-0.05, 0) is 19.3 Å². The number of unbranched alkanes of at least 4 members (excludes halogenated alkanes) is 25. The SMILES string of the molecule is CCCCCCCCCCCCCCC(=O)OCC(COC(=O)CCCCCCCC)OC(=O)CCCCCCCCCCCC. The highest BCUT2D eigenvalue weighted by molar-refractivity contribution is 5.71. The minimum absolute atomic E-state index is 0.0643. The van der Waals surface area contributed by atoms with Crippen molar-refractivity contribution in [3.05, 3.63) is 0 Å². The average Bonchev–Trinajstić information content (AvgIpc) is 3.05. The first-order valence-electron chi connectivity index (χ1n) is 20.0. The fourth-order valence-corrected chi connectivity index (χ4v) is 5.79. The zero-order chi connectivity index (χ0) is 33.8. The molecule has 0 bridgehead atoms. The highest BCUT2D eigenvalue weighted by atomic mass is 16.6. The fourth-order valence-electron chi connectivity index (χ4n) is 5.79. The van der Waals surface area contributed by atoms with Crippen molar-refractivity contribution >= 4 is 17.9 Å². The number of hydrogen-bond acceptors (Lipinski definition) is 6. The predicted octanol–water partition coefficient (Wildman–Crippen LogP) is 12.1. The molecule has 1 atom stereocenters. The van der Waals surface area contributed by atoms with Crippen molar-refractivity contribution in [3.8, 4) is 0 Å². The van der Waals surface area contributed by atoms with Crippen LogP contribution < -0.4 is 0 Å². The molecule has 272 valence electrons. The standard InChI is InChI=1S/C40H76O6/c1-4-7-10-13-16-18-20-21-23-24-27-30-33-39(42)45-36-37(35-44-38(41)32-29-26-15-12-9-6-3)46-40(43)34-31-28-25-22-19-17-14-11-8-5-2/h37H,4-36H2,1-3H3. The molecule has 0 aliphatic heterocycles. The van der Waals surface area contributed by atoms with E-state index in [1.165, 1.54) is 122 Å². The molecule has 0 heterocycles. The van der Waals surface area contributed by atoms with E-state index in [1.807, 2.05) is 0 Å². The maximum absolute atomic E-state index is 12.6. The summed E-state index contributed by atoms with van der Waals surface area (Å²) in [4.78, 5) is 37.3. The Labute approximate surface area is 285 Å². The molecule has 0 saturated carbocycles. The molecule has 6 nitrogen and oxygen atoms in total. The normalized spacial score (nSPS) is 11.8. The number of carbonyl (C=O) groups is 3. The van der Waals surface area contributed by atoms with Gasteiger partial charge in [-0.25, -0.2) is 0 Å². The smallest absolute Gasteiger partial charge is 0.306 e. The maximum atomic E-state index is 12.6. The summed E-state index contributed by atoms with van der Waals surface area (Å²) >= 11 is 0. The van der Waals surface area contributed by atoms with Crippen molar-refractivity contribution in [2.45, 2.75) is 226 Å². The lowest BCUT2D eigenvalue weighted by Gasteiger charge is -2.18. The predicted molar refractivity (Wildman–Crippen MR) is 192 cm³/mol. The molecule has 0 fully saturated rings. The van der Waals surface area contributed by atoms with Gasteiger partial charge in [0, 0.05) is 19.3 Å². The Morgan fingerprint density at radius 2 is 0.587 bits per heavy atom. The topological polar surface area (TPSA) is 78.9 Å². The van der Waals surface area contributed by atoms with Gasteiger partial charge >= 0.3 is 17.9 Å². The third-order valence-electron chi connectivity index (χ3n) is 8.86. The van der Waals surface area contributed by atoms with E-state index in [1.54, 1.807) is 0 Å². The number of ether oxygens (including phenoxy) is 3. The summed E-state index contributed by atoms with van der Waals surface area (Å²) in [6.45, 7) is 6.56. The minimum atomic E-state index is -0.755. The Morgan fingerprint density at radius 3 is 0.870 bits per heavy atom. The molecule has 0 saturated heterocycles. The summed E-state index contributed by atoms with van der Waals surface area (Å²) < 4.78 is 16.5. The molecule has 0 amide bonds. The molecule has 0 aromatic carbocycles. The van der Waals surface area contributed by atoms with E-state index >= 15 is 0 Å². The second kappa shape index (κ2) is 36.2. The number of hydrogen-bond donors (Lipinski definition) is 0. The van der Waals surface area contributed by atoms with Crippen LogP contribution in [-0.4, -0.2) is 37.2 Å². The van der Waals surface area contributed by atoms with Gasteiger partial charge in [-0.2, -0.15) is 0 Å². The van der Waals surface area contributed by atoms with Crippen LogP contribution in [0, 0.1) is 0 Å². The lowest BCUT2D eigenvalue weighted by atomic mass is 10.0. The van der Waals surface area contributed by atoms with Crippen molar-refractivity contribution in [3.63, 3.8) is 0 Å². The molecule has 6 heteroatoms. The van der Waals surface area contributed by atoms with E-state index < -0.39 is 6.10 Å². The van der Waals surface area contributed by atoms with Crippen LogP contribution in [0.3, 0.4) is 0 Å². The van der Waals surface area contributed by atoms with Crippen molar-refractivity contribution in [2.24, 2.45) is 0 Å². The molecule has 0 spiro atoms. The molecule has 0 aromatic rings. The summed E-state index contributed by atoms with van der Waals surface area (Å²) in [5, 5.41) is 0. The van der Waals surface area contributed by atoms with Crippen LogP contribution in [0.5, 0.6) is 0 Å². The quantitative estimate of drug-likeness (QED) is 0.0381. The Morgan fingerprint density at radius 1 is 0.348 bits per heavy atom. The van der Waals surface area contributed by atoms with Gasteiger partial charge in [0.15, 0.2) is 6.10 Å². The molecule has 0 aromatic heterocycles. The lowest BCUT2D eigenvalue weighted by molar-refractivity contribution is -0.167. The molecule has 0 rings (SSSR count). The van der Waals surface area contributed by atoms with Crippen LogP contribution >= 0.6 is 0 Å². The van der Waals surface area contributed by atoms with Crippen LogP contribution in [0.25, 0.3) is 0 Å². The Balaban J connectivity index is 4.28. The van der Waals surface area contributed by atoms with Crippen molar-refractivity contribution in [2.75, 3.05) is 13.2 Å². The van der Waals surface area contributed by atoms with Gasteiger partial charge < -0.3 is 14.2 Å². The van der Waals surface area contributed by atoms with Gasteiger partial charge in [0.25, 0.3) is 0 Å². The van der Waals surface area contributed by atoms with Crippen molar-refractivity contribution in [1.29, 1.82) is 0 Å². The Kier molecular flexibility index (Phi) is 35.0. The fraction of sp³-hybridized carbons (Fsp3) is 0.925. The van der Waals surface area contributed by atoms with Crippen LogP contribution in [0.2, 0.25) is 0 Å². The number of esters is 3. The van der Waals surface area contributed by atoms with Gasteiger partial charge in [-0.3, -0.25) is 14.4 Å². The Bertz CT molecular complexity index is 679. The van der Waals surface area contributed by atoms with Gasteiger partial charge in [0.2, 0.25) is 0 Å². The molecule has 0 aliphatic carbocycles. The zero-order valence-electron chi connectivity index (χ0n) is 30.9. The highest BCUT2D eigenvalue weighted by Gasteiger charge is 2.19. The molecular formula is C40H76O6. The van der Waals surface area contributed by atoms with Crippen LogP contribution in [-0.2, 0) is 28.6 Å². The van der Waals surface area contributed by atoms with Gasteiger partial charge in [-0.15, -0.1) is 0 Å². The molecule has 0 radical (unpaired) electrons. The monoisotopic (exact) mass is 653 g/mol. The second-order valence-corrected chi connectivity index (χ2v) is 13.6. The molecular weight excluding hydrogens is 576 g/mol. The van der Waals surface area contributed by atoms with Gasteiger partial charge in [0.05, 0.1) is 0 Å². The first-order valence-corrected chi connectivity index (χ1v) is 20.0. The summed E-state index contributed by atoms with van der Waals surface area (Å²) in [5.74, 6) is -0.871. The maximum Gasteiger partial charge on any atom is 0.306 e. The molecule has 0 aliphatic rings. The second-order valence-electron chi connectivity index (χ2n) is 13.6. The van der Waals surface area contributed by atoms with Crippen LogP contribution in [0.1, 0.15) is 220 Å². The van der Waals surface area contributed by atoms with Crippen molar-refractivity contribution < 1.29 is 28.6 Å². The first-order chi connectivity index (χ1) is 22.5. The third kappa shape index (κ3) is 33.8. The summed E-state index contributed by atoms with van der Waals surface area (Å²) in [6.07, 6.45) is 33.8. The lowest BCUT2D eigenvalue weighted by Crippen LogP contribution is -2.30. The van der Waals surface area contributed by atoms with Gasteiger partial charge in [-0.1, -0.05) is 181 Å². The van der Waals surface area contributed by atoms with E-state index in [2.05, 4.69) is 20.8 Å². The van der Waals surface area contributed by atoms with Crippen LogP contribution in [0.4, 0.5) is 0 Å². The summed E-state index contributed by atoms with van der Waals surface area (Å²) in [7, 11) is 0. The van der Waals surface area contributed by atoms with E-state index in [-0.39, 0.29) is 31.1 Å². The van der Waals surface area contributed by atoms with Gasteiger partial charge in [0.1, 0.15) is 13.2 Å². The summed E-state index contributed by atoms with van der Waals surface area (Å²) in [5.41, 5.74) is 0. The Hall–Kier alpha value is -1.59. The third-order valence-corrected chi connectivity index (χ3v) is 8.86. The minimum Gasteiger partial charge on any atom is -0.462 e. The van der Waals surface area contributed by atoms with E-state index in [4.69, 9.17) is 14.2 Å². The number of carbonyl (C=O) groups excluding carboxylic acids is 3. The van der Waals surface area contributed by atoms with Crippen molar-refractivity contribution in [1.82, 2.24) is 0 Å². The average molecular weight is 653 g/mol. The zero-order valence-corrected chi connectivity index (χ0v) is 30.9. The van der Waals surface area contributed by atoms with Crippen LogP contribution in [0.15, 0.2) is 0 Å².